The van der Waals surface area contributed by atoms with Crippen LogP contribution in [0.3, 0.4) is 0 Å². The molecule has 0 unspecified atom stereocenters. The summed E-state index contributed by atoms with van der Waals surface area (Å²) in [6.07, 6.45) is 1.62. The minimum atomic E-state index is 0.259. The topological polar surface area (TPSA) is 70.6 Å². The fourth-order valence-electron chi connectivity index (χ4n) is 3.85. The number of furan rings is 1. The van der Waals surface area contributed by atoms with Crippen LogP contribution in [-0.2, 0) is 7.05 Å². The number of hydrogen-bond acceptors (Lipinski definition) is 7. The minimum Gasteiger partial charge on any atom is -0.507 e. The summed E-state index contributed by atoms with van der Waals surface area (Å²) in [4.78, 5) is 5.46. The highest BCUT2D eigenvalue weighted by atomic mass is 32.2. The number of nitrogens with zero attached hydrogens (tertiary/aromatic N) is 5. The van der Waals surface area contributed by atoms with Crippen molar-refractivity contribution in [2.75, 3.05) is 38.1 Å². The Balaban J connectivity index is 1.55. The molecule has 3 heterocycles. The number of rotatable bonds is 4. The number of aromatic hydroxyl groups is 1. The Bertz CT molecular complexity index is 1180. The molecule has 30 heavy (non-hydrogen) atoms. The Kier molecular flexibility index (Phi) is 4.88. The van der Waals surface area contributed by atoms with Gasteiger partial charge in [0, 0.05) is 55.8 Å². The zero-order valence-electron chi connectivity index (χ0n) is 16.9. The van der Waals surface area contributed by atoms with Crippen molar-refractivity contribution in [2.45, 2.75) is 10.1 Å². The third-order valence-electron chi connectivity index (χ3n) is 5.57. The number of piperazine rings is 1. The summed E-state index contributed by atoms with van der Waals surface area (Å²) in [5.74, 6) is 1.58. The van der Waals surface area contributed by atoms with E-state index in [2.05, 4.69) is 39.2 Å². The first-order chi connectivity index (χ1) is 14.6. The summed E-state index contributed by atoms with van der Waals surface area (Å²) < 4.78 is 7.34. The van der Waals surface area contributed by atoms with Crippen LogP contribution in [0.2, 0.25) is 0 Å². The predicted octanol–water partition coefficient (Wildman–Crippen LogP) is 3.84. The molecule has 0 aliphatic carbocycles. The fourth-order valence-corrected chi connectivity index (χ4v) is 4.79. The van der Waals surface area contributed by atoms with Crippen LogP contribution in [0.5, 0.6) is 5.75 Å². The highest BCUT2D eigenvalue weighted by molar-refractivity contribution is 7.99. The summed E-state index contributed by atoms with van der Waals surface area (Å²) in [5.41, 5.74) is 1.08. The number of fused-ring (bicyclic) bond motifs is 1. The molecule has 5 rings (SSSR count). The van der Waals surface area contributed by atoms with Crippen molar-refractivity contribution < 1.29 is 9.52 Å². The van der Waals surface area contributed by atoms with E-state index in [1.165, 1.54) is 11.8 Å². The summed E-state index contributed by atoms with van der Waals surface area (Å²) in [6, 6.07) is 13.8. The highest BCUT2D eigenvalue weighted by Crippen LogP contribution is 2.44. The monoisotopic (exact) mass is 421 g/mol. The normalized spacial score (nSPS) is 15.2. The van der Waals surface area contributed by atoms with Gasteiger partial charge in [0.2, 0.25) is 0 Å². The molecule has 0 spiro atoms. The molecule has 0 amide bonds. The molecular weight excluding hydrogens is 398 g/mol. The van der Waals surface area contributed by atoms with Crippen LogP contribution < -0.4 is 4.90 Å². The molecule has 0 atom stereocenters. The van der Waals surface area contributed by atoms with Crippen LogP contribution in [0.15, 0.2) is 63.2 Å². The summed E-state index contributed by atoms with van der Waals surface area (Å²) in [6.45, 7) is 3.92. The molecule has 2 aromatic carbocycles. The van der Waals surface area contributed by atoms with Gasteiger partial charge in [0.15, 0.2) is 16.7 Å². The molecule has 7 nitrogen and oxygen atoms in total. The Morgan fingerprint density at radius 3 is 2.47 bits per heavy atom. The van der Waals surface area contributed by atoms with Gasteiger partial charge in [-0.2, -0.15) is 0 Å². The van der Waals surface area contributed by atoms with Crippen molar-refractivity contribution in [2.24, 2.45) is 7.05 Å². The van der Waals surface area contributed by atoms with Crippen molar-refractivity contribution in [3.8, 4) is 17.3 Å². The molecule has 1 N–H and O–H groups in total. The molecule has 0 saturated carbocycles. The standard InChI is InChI=1S/C22H23N5O2S/c1-25-9-11-27(12-10-25)17-14-18(28)20(16-7-4-3-6-15(16)17)30-22-24-23-21(26(22)2)19-8-5-13-29-19/h3-8,13-14,28H,9-12H2,1-2H3. The number of aromatic nitrogens is 3. The van der Waals surface area contributed by atoms with E-state index in [0.29, 0.717) is 16.7 Å². The minimum absolute atomic E-state index is 0.259. The maximum absolute atomic E-state index is 11.0. The lowest BCUT2D eigenvalue weighted by Crippen LogP contribution is -2.44. The number of phenolic OH excluding ortho intramolecular Hbond substituents is 1. The van der Waals surface area contributed by atoms with Gasteiger partial charge in [-0.05, 0) is 30.9 Å². The van der Waals surface area contributed by atoms with Crippen molar-refractivity contribution in [3.05, 3.63) is 48.7 Å². The Morgan fingerprint density at radius 2 is 1.73 bits per heavy atom. The maximum atomic E-state index is 11.0. The van der Waals surface area contributed by atoms with Crippen LogP contribution in [0, 0.1) is 0 Å². The van der Waals surface area contributed by atoms with Gasteiger partial charge in [-0.1, -0.05) is 24.3 Å². The zero-order chi connectivity index (χ0) is 20.7. The summed E-state index contributed by atoms with van der Waals surface area (Å²) >= 11 is 1.42. The molecule has 1 aliphatic rings. The number of benzene rings is 2. The molecule has 1 saturated heterocycles. The first-order valence-corrected chi connectivity index (χ1v) is 10.7. The molecule has 2 aromatic heterocycles. The van der Waals surface area contributed by atoms with Gasteiger partial charge in [0.05, 0.1) is 11.2 Å². The van der Waals surface area contributed by atoms with Gasteiger partial charge < -0.3 is 23.9 Å². The largest absolute Gasteiger partial charge is 0.507 e. The average Bonchev–Trinajstić information content (AvgIpc) is 3.41. The summed E-state index contributed by atoms with van der Waals surface area (Å²) in [7, 11) is 4.04. The number of likely N-dealkylation sites (N-methyl/N-ethyl adjacent to an activating group) is 1. The molecule has 0 radical (unpaired) electrons. The Hall–Kier alpha value is -2.97. The maximum Gasteiger partial charge on any atom is 0.200 e. The van der Waals surface area contributed by atoms with Gasteiger partial charge in [0.1, 0.15) is 5.75 Å². The SMILES string of the molecule is CN1CCN(c2cc(O)c(Sc3nnc(-c4ccco4)n3C)c3ccccc23)CC1. The van der Waals surface area contributed by atoms with Crippen LogP contribution in [0.25, 0.3) is 22.4 Å². The molecule has 154 valence electrons. The molecule has 1 aliphatic heterocycles. The van der Waals surface area contributed by atoms with Gasteiger partial charge in [-0.25, -0.2) is 0 Å². The van der Waals surface area contributed by atoms with Crippen molar-refractivity contribution in [3.63, 3.8) is 0 Å². The Labute approximate surface area is 178 Å². The number of phenols is 1. The fraction of sp³-hybridized carbons (Fsp3) is 0.273. The van der Waals surface area contributed by atoms with Crippen LogP contribution in [0.1, 0.15) is 0 Å². The second kappa shape index (κ2) is 7.70. The molecule has 1 fully saturated rings. The van der Waals surface area contributed by atoms with Crippen LogP contribution in [-0.4, -0.2) is 58.0 Å². The molecule has 8 heteroatoms. The molecular formula is C22H23N5O2S. The quantitative estimate of drug-likeness (QED) is 0.537. The lowest BCUT2D eigenvalue weighted by Gasteiger charge is -2.35. The van der Waals surface area contributed by atoms with E-state index in [9.17, 15) is 5.11 Å². The van der Waals surface area contributed by atoms with Gasteiger partial charge in [0.25, 0.3) is 0 Å². The van der Waals surface area contributed by atoms with Gasteiger partial charge >= 0.3 is 0 Å². The van der Waals surface area contributed by atoms with Crippen molar-refractivity contribution in [1.29, 1.82) is 0 Å². The number of anilines is 1. The van der Waals surface area contributed by atoms with Crippen LogP contribution in [0.4, 0.5) is 5.69 Å². The third-order valence-corrected chi connectivity index (χ3v) is 6.74. The molecule has 4 aromatic rings. The van der Waals surface area contributed by atoms with E-state index in [-0.39, 0.29) is 5.75 Å². The smallest absolute Gasteiger partial charge is 0.200 e. The second-order valence-corrected chi connectivity index (χ2v) is 8.50. The van der Waals surface area contributed by atoms with E-state index >= 15 is 0 Å². The van der Waals surface area contributed by atoms with Gasteiger partial charge in [-0.15, -0.1) is 10.2 Å². The van der Waals surface area contributed by atoms with Crippen LogP contribution >= 0.6 is 11.8 Å². The van der Waals surface area contributed by atoms with E-state index in [4.69, 9.17) is 4.42 Å². The van der Waals surface area contributed by atoms with Crippen molar-refractivity contribution in [1.82, 2.24) is 19.7 Å². The second-order valence-electron chi connectivity index (χ2n) is 7.52. The zero-order valence-corrected chi connectivity index (χ0v) is 17.8. The lowest BCUT2D eigenvalue weighted by molar-refractivity contribution is 0.313. The first-order valence-electron chi connectivity index (χ1n) is 9.91. The third kappa shape index (κ3) is 3.32. The number of hydrogen-bond donors (Lipinski definition) is 1. The lowest BCUT2D eigenvalue weighted by atomic mass is 10.1. The van der Waals surface area contributed by atoms with Gasteiger partial charge in [-0.3, -0.25) is 0 Å². The van der Waals surface area contributed by atoms with E-state index in [1.807, 2.05) is 41.9 Å². The van der Waals surface area contributed by atoms with E-state index in [1.54, 1.807) is 6.26 Å². The van der Waals surface area contributed by atoms with Crippen molar-refractivity contribution >= 4 is 28.2 Å². The highest BCUT2D eigenvalue weighted by Gasteiger charge is 2.22. The predicted molar refractivity (Wildman–Crippen MR) is 118 cm³/mol. The first kappa shape index (κ1) is 19.0. The van der Waals surface area contributed by atoms with E-state index < -0.39 is 0 Å². The average molecular weight is 422 g/mol. The van der Waals surface area contributed by atoms with E-state index in [0.717, 1.165) is 47.5 Å². The Morgan fingerprint density at radius 1 is 0.967 bits per heavy atom. The summed E-state index contributed by atoms with van der Waals surface area (Å²) in [5, 5.41) is 22.4. The molecule has 0 bridgehead atoms.